The van der Waals surface area contributed by atoms with Crippen LogP contribution in [0.3, 0.4) is 0 Å². The number of aromatic nitrogens is 4. The largest absolute Gasteiger partial charge is 0.384 e. The Kier molecular flexibility index (Phi) is 4.12. The fraction of sp³-hybridized carbons (Fsp3) is 0.667. The number of anilines is 2. The summed E-state index contributed by atoms with van der Waals surface area (Å²) in [5, 5.41) is 8.67. The van der Waals surface area contributed by atoms with Gasteiger partial charge in [0.05, 0.1) is 22.5 Å². The highest BCUT2D eigenvalue weighted by Gasteiger charge is 2.40. The van der Waals surface area contributed by atoms with Gasteiger partial charge in [0.2, 0.25) is 0 Å². The molecule has 0 bridgehead atoms. The van der Waals surface area contributed by atoms with Gasteiger partial charge < -0.3 is 11.5 Å². The maximum atomic E-state index is 5.91. The summed E-state index contributed by atoms with van der Waals surface area (Å²) in [6.45, 7) is 10.5. The topological polar surface area (TPSA) is 94.2 Å². The summed E-state index contributed by atoms with van der Waals surface area (Å²) in [6, 6.07) is 0. The molecule has 0 saturated heterocycles. The number of nitrogens with zero attached hydrogens (tertiary/aromatic N) is 6. The third kappa shape index (κ3) is 2.51. The molecule has 2 aliphatic heterocycles. The molecule has 4 N–H and O–H groups in total. The van der Waals surface area contributed by atoms with Crippen LogP contribution in [0.15, 0.2) is 0 Å². The second-order valence-electron chi connectivity index (χ2n) is 8.50. The first-order valence-corrected chi connectivity index (χ1v) is 8.95. The predicted molar refractivity (Wildman–Crippen MR) is 104 cm³/mol. The second-order valence-corrected chi connectivity index (χ2v) is 8.50. The van der Waals surface area contributed by atoms with E-state index in [0.717, 1.165) is 24.6 Å². The summed E-state index contributed by atoms with van der Waals surface area (Å²) < 4.78 is 3.66. The van der Waals surface area contributed by atoms with E-state index in [-0.39, 0.29) is 11.1 Å². The highest BCUT2D eigenvalue weighted by Crippen LogP contribution is 2.40. The van der Waals surface area contributed by atoms with Gasteiger partial charge in [-0.25, -0.2) is 0 Å². The molecule has 2 aromatic heterocycles. The van der Waals surface area contributed by atoms with E-state index < -0.39 is 0 Å². The van der Waals surface area contributed by atoms with E-state index in [1.807, 2.05) is 18.8 Å². The van der Waals surface area contributed by atoms with Gasteiger partial charge in [-0.05, 0) is 41.8 Å². The van der Waals surface area contributed by atoms with Gasteiger partial charge in [0.15, 0.2) is 0 Å². The van der Waals surface area contributed by atoms with Crippen LogP contribution in [0.25, 0.3) is 0 Å². The van der Waals surface area contributed by atoms with Gasteiger partial charge in [0.25, 0.3) is 0 Å². The van der Waals surface area contributed by atoms with E-state index in [2.05, 4.69) is 61.8 Å². The molecule has 2 aliphatic rings. The molecule has 4 heterocycles. The van der Waals surface area contributed by atoms with Crippen molar-refractivity contribution in [1.82, 2.24) is 29.4 Å². The Labute approximate surface area is 155 Å². The zero-order chi connectivity index (χ0) is 19.6. The van der Waals surface area contributed by atoms with Crippen molar-refractivity contribution in [2.45, 2.75) is 51.9 Å². The van der Waals surface area contributed by atoms with Crippen LogP contribution in [0.1, 0.15) is 50.2 Å². The summed E-state index contributed by atoms with van der Waals surface area (Å²) in [4.78, 5) is 4.55. The monoisotopic (exact) mass is 360 g/mol. The molecule has 0 fully saturated rings. The van der Waals surface area contributed by atoms with E-state index >= 15 is 0 Å². The van der Waals surface area contributed by atoms with E-state index in [1.165, 1.54) is 16.8 Å². The average molecular weight is 361 g/mol. The molecule has 0 spiro atoms. The second kappa shape index (κ2) is 5.72. The highest BCUT2D eigenvalue weighted by molar-refractivity contribution is 5.48. The van der Waals surface area contributed by atoms with Crippen molar-refractivity contribution >= 4 is 11.6 Å². The molecular weight excluding hydrogens is 328 g/mol. The van der Waals surface area contributed by atoms with E-state index in [9.17, 15) is 0 Å². The summed E-state index contributed by atoms with van der Waals surface area (Å²) in [6.07, 6.45) is 0. The molecule has 144 valence electrons. The molecular formula is C18H32N8. The third-order valence-corrected chi connectivity index (χ3v) is 6.23. The normalized spacial score (nSPS) is 20.6. The van der Waals surface area contributed by atoms with E-state index in [0.29, 0.717) is 5.82 Å². The Hall–Kier alpha value is -2.06. The lowest BCUT2D eigenvalue weighted by atomic mass is 10.0. The Morgan fingerprint density at radius 1 is 0.769 bits per heavy atom. The van der Waals surface area contributed by atoms with Crippen LogP contribution in [-0.2, 0) is 38.3 Å². The van der Waals surface area contributed by atoms with Gasteiger partial charge in [0.1, 0.15) is 11.6 Å². The number of rotatable bonds is 0. The van der Waals surface area contributed by atoms with Gasteiger partial charge in [-0.2, -0.15) is 10.2 Å². The molecule has 0 unspecified atom stereocenters. The van der Waals surface area contributed by atoms with Crippen molar-refractivity contribution in [1.29, 1.82) is 0 Å². The molecule has 4 rings (SSSR count). The summed E-state index contributed by atoms with van der Waals surface area (Å²) in [5.41, 5.74) is 16.5. The lowest BCUT2D eigenvalue weighted by molar-refractivity contribution is 0.169. The highest BCUT2D eigenvalue weighted by atomic mass is 15.4. The van der Waals surface area contributed by atoms with Crippen LogP contribution >= 0.6 is 0 Å². The van der Waals surface area contributed by atoms with Gasteiger partial charge >= 0.3 is 0 Å². The van der Waals surface area contributed by atoms with Gasteiger partial charge in [-0.15, -0.1) is 0 Å². The zero-order valence-electron chi connectivity index (χ0n) is 17.3. The molecule has 0 amide bonds. The zero-order valence-corrected chi connectivity index (χ0v) is 17.3. The lowest BCUT2D eigenvalue weighted by Gasteiger charge is -2.28. The minimum absolute atomic E-state index is 0.0186. The Bertz CT molecular complexity index is 842. The minimum atomic E-state index is 0.0186. The van der Waals surface area contributed by atoms with Gasteiger partial charge in [-0.3, -0.25) is 19.2 Å². The molecule has 0 aliphatic carbocycles. The Morgan fingerprint density at radius 2 is 1.31 bits per heavy atom. The average Bonchev–Trinajstić information content (AvgIpc) is 3.13. The third-order valence-electron chi connectivity index (χ3n) is 6.23. The van der Waals surface area contributed by atoms with Crippen molar-refractivity contribution in [3.8, 4) is 0 Å². The van der Waals surface area contributed by atoms with Gasteiger partial charge in [-0.1, -0.05) is 0 Å². The fourth-order valence-electron chi connectivity index (χ4n) is 3.97. The van der Waals surface area contributed by atoms with Crippen LogP contribution in [0, 0.1) is 0 Å². The molecule has 0 aromatic carbocycles. The van der Waals surface area contributed by atoms with Crippen molar-refractivity contribution < 1.29 is 0 Å². The van der Waals surface area contributed by atoms with Crippen LogP contribution in [0.5, 0.6) is 0 Å². The molecule has 0 radical (unpaired) electrons. The molecule has 26 heavy (non-hydrogen) atoms. The number of aryl methyl sites for hydroxylation is 2. The number of hydrogen-bond donors (Lipinski definition) is 2. The lowest BCUT2D eigenvalue weighted by Crippen LogP contribution is -2.33. The van der Waals surface area contributed by atoms with Crippen molar-refractivity contribution in [3.05, 3.63) is 22.5 Å². The number of hydrogen-bond acceptors (Lipinski definition) is 6. The Balaban J connectivity index is 0.000000151. The maximum Gasteiger partial charge on any atom is 0.150 e. The first kappa shape index (κ1) is 18.7. The predicted octanol–water partition coefficient (Wildman–Crippen LogP) is 1.37. The standard InChI is InChI=1S/2C9H16N4/c1-9(2)7-6(5-12(9)3)8(10)11-13(7)4;1-9(2)7-6(5-12(9)3)8(10)13(4)11-7/h5H2,1-4H3,(H2,10,11);5,10H2,1-4H3. The smallest absolute Gasteiger partial charge is 0.150 e. The summed E-state index contributed by atoms with van der Waals surface area (Å²) in [5.74, 6) is 1.47. The van der Waals surface area contributed by atoms with Crippen molar-refractivity contribution in [2.24, 2.45) is 14.1 Å². The Morgan fingerprint density at radius 3 is 1.85 bits per heavy atom. The number of fused-ring (bicyclic) bond motifs is 2. The maximum absolute atomic E-state index is 5.91. The van der Waals surface area contributed by atoms with Crippen LogP contribution in [-0.4, -0.2) is 43.5 Å². The van der Waals surface area contributed by atoms with Crippen LogP contribution < -0.4 is 11.5 Å². The van der Waals surface area contributed by atoms with Gasteiger partial charge in [0, 0.05) is 38.3 Å². The molecule has 2 aromatic rings. The van der Waals surface area contributed by atoms with Crippen LogP contribution in [0.4, 0.5) is 11.6 Å². The van der Waals surface area contributed by atoms with E-state index in [4.69, 9.17) is 11.5 Å². The quantitative estimate of drug-likeness (QED) is 0.737. The first-order valence-electron chi connectivity index (χ1n) is 8.95. The first-order chi connectivity index (χ1) is 11.9. The molecule has 8 nitrogen and oxygen atoms in total. The van der Waals surface area contributed by atoms with Crippen molar-refractivity contribution in [2.75, 3.05) is 25.6 Å². The number of nitrogen functional groups attached to an aromatic ring is 2. The SMILES string of the molecule is CN1Cc2c(N)nn(C)c2C1(C)C.CN1Cc2c(nn(C)c2N)C1(C)C. The molecule has 0 atom stereocenters. The molecule has 8 heteroatoms. The summed E-state index contributed by atoms with van der Waals surface area (Å²) in [7, 11) is 8.06. The molecule has 0 saturated carbocycles. The summed E-state index contributed by atoms with van der Waals surface area (Å²) >= 11 is 0. The number of nitrogens with two attached hydrogens (primary N) is 2. The van der Waals surface area contributed by atoms with E-state index in [1.54, 1.807) is 4.68 Å². The van der Waals surface area contributed by atoms with Crippen LogP contribution in [0.2, 0.25) is 0 Å². The minimum Gasteiger partial charge on any atom is -0.384 e. The fourth-order valence-corrected chi connectivity index (χ4v) is 3.97. The van der Waals surface area contributed by atoms with Crippen molar-refractivity contribution in [3.63, 3.8) is 0 Å².